The van der Waals surface area contributed by atoms with Gasteiger partial charge in [-0.2, -0.15) is 0 Å². The van der Waals surface area contributed by atoms with Crippen LogP contribution in [0.25, 0.3) is 0 Å². The summed E-state index contributed by atoms with van der Waals surface area (Å²) in [5.41, 5.74) is 0. The predicted octanol–water partition coefficient (Wildman–Crippen LogP) is 6.55. The molecule has 0 aliphatic heterocycles. The summed E-state index contributed by atoms with van der Waals surface area (Å²) in [6.45, 7) is 15.4. The van der Waals surface area contributed by atoms with E-state index in [9.17, 15) is 0 Å². The van der Waals surface area contributed by atoms with Gasteiger partial charge in [-0.25, -0.2) is 0 Å². The molecule has 0 heteroatoms. The lowest BCUT2D eigenvalue weighted by atomic mass is 9.77. The molecule has 0 N–H and O–H groups in total. The van der Waals surface area contributed by atoms with Crippen LogP contribution in [0.4, 0.5) is 0 Å². The standard InChI is InChI=1S/C10H18.2C4H10/c1-8-5-6-9-3-2-4-10(9)7-8;2*1-4(2)3/h8-10H,2-7H2,1H3;2*4H,1-3H3. The van der Waals surface area contributed by atoms with Crippen LogP contribution in [0.1, 0.15) is 87.0 Å². The molecule has 0 amide bonds. The third-order valence-electron chi connectivity index (χ3n) is 3.55. The van der Waals surface area contributed by atoms with E-state index in [0.29, 0.717) is 0 Å². The second kappa shape index (κ2) is 9.87. The van der Waals surface area contributed by atoms with E-state index in [4.69, 9.17) is 0 Å². The van der Waals surface area contributed by atoms with E-state index < -0.39 is 0 Å². The molecular weight excluding hydrogens is 216 g/mol. The molecule has 2 saturated carbocycles. The maximum atomic E-state index is 2.43. The Labute approximate surface area is 117 Å². The molecule has 110 valence electrons. The van der Waals surface area contributed by atoms with Crippen molar-refractivity contribution in [1.29, 1.82) is 0 Å². The maximum Gasteiger partial charge on any atom is -0.0383 e. The zero-order valence-electron chi connectivity index (χ0n) is 14.1. The van der Waals surface area contributed by atoms with Crippen LogP contribution in [0, 0.1) is 29.6 Å². The summed E-state index contributed by atoms with van der Waals surface area (Å²) in [6.07, 6.45) is 9.24. The van der Waals surface area contributed by atoms with Gasteiger partial charge in [0.25, 0.3) is 0 Å². The lowest BCUT2D eigenvalue weighted by molar-refractivity contribution is 0.220. The van der Waals surface area contributed by atoms with Gasteiger partial charge in [0.05, 0.1) is 0 Å². The number of fused-ring (bicyclic) bond motifs is 1. The molecule has 2 rings (SSSR count). The fourth-order valence-electron chi connectivity index (χ4n) is 2.94. The highest BCUT2D eigenvalue weighted by Crippen LogP contribution is 2.43. The van der Waals surface area contributed by atoms with Crippen LogP contribution in [0.15, 0.2) is 0 Å². The Balaban J connectivity index is 0.000000307. The predicted molar refractivity (Wildman–Crippen MR) is 84.9 cm³/mol. The van der Waals surface area contributed by atoms with Crippen LogP contribution in [0.5, 0.6) is 0 Å². The summed E-state index contributed by atoms with van der Waals surface area (Å²) in [4.78, 5) is 0. The van der Waals surface area contributed by atoms with Gasteiger partial charge in [-0.15, -0.1) is 0 Å². The van der Waals surface area contributed by atoms with Crippen LogP contribution in [0.2, 0.25) is 0 Å². The summed E-state index contributed by atoms with van der Waals surface area (Å²) < 4.78 is 0. The molecule has 0 spiro atoms. The first-order valence-electron chi connectivity index (χ1n) is 8.32. The molecule has 0 radical (unpaired) electrons. The molecule has 18 heavy (non-hydrogen) atoms. The van der Waals surface area contributed by atoms with Gasteiger partial charge in [0.1, 0.15) is 0 Å². The molecule has 0 aromatic rings. The van der Waals surface area contributed by atoms with E-state index in [2.05, 4.69) is 48.5 Å². The largest absolute Gasteiger partial charge is 0.0630 e. The fourth-order valence-corrected chi connectivity index (χ4v) is 2.94. The van der Waals surface area contributed by atoms with Gasteiger partial charge in [-0.1, -0.05) is 74.1 Å². The minimum Gasteiger partial charge on any atom is -0.0630 e. The Morgan fingerprint density at radius 1 is 0.667 bits per heavy atom. The van der Waals surface area contributed by atoms with Crippen molar-refractivity contribution in [2.75, 3.05) is 0 Å². The van der Waals surface area contributed by atoms with Gasteiger partial charge in [-0.3, -0.25) is 0 Å². The van der Waals surface area contributed by atoms with E-state index in [0.717, 1.165) is 29.6 Å². The molecule has 0 aromatic heterocycles. The topological polar surface area (TPSA) is 0 Å². The van der Waals surface area contributed by atoms with Crippen LogP contribution in [0.3, 0.4) is 0 Å². The van der Waals surface area contributed by atoms with Crippen molar-refractivity contribution in [3.05, 3.63) is 0 Å². The molecule has 0 saturated heterocycles. The average Bonchev–Trinajstić information content (AvgIpc) is 2.62. The second-order valence-corrected chi connectivity index (χ2v) is 7.83. The van der Waals surface area contributed by atoms with Crippen molar-refractivity contribution in [2.24, 2.45) is 29.6 Å². The van der Waals surface area contributed by atoms with Gasteiger partial charge in [0.15, 0.2) is 0 Å². The van der Waals surface area contributed by atoms with Gasteiger partial charge >= 0.3 is 0 Å². The van der Waals surface area contributed by atoms with E-state index in [1.165, 1.54) is 12.8 Å². The third-order valence-corrected chi connectivity index (χ3v) is 3.55. The van der Waals surface area contributed by atoms with Crippen molar-refractivity contribution >= 4 is 0 Å². The Hall–Kier alpha value is 0. The monoisotopic (exact) mass is 254 g/mol. The zero-order chi connectivity index (χ0) is 14.1. The summed E-state index contributed by atoms with van der Waals surface area (Å²) in [6, 6.07) is 0. The van der Waals surface area contributed by atoms with Crippen molar-refractivity contribution < 1.29 is 0 Å². The molecule has 3 unspecified atom stereocenters. The molecule has 2 aliphatic rings. The van der Waals surface area contributed by atoms with E-state index in [1.54, 1.807) is 25.7 Å². The minimum atomic E-state index is 0.833. The number of hydrogen-bond acceptors (Lipinski definition) is 0. The minimum absolute atomic E-state index is 0.833. The summed E-state index contributed by atoms with van der Waals surface area (Å²) in [7, 11) is 0. The van der Waals surface area contributed by atoms with Crippen LogP contribution in [-0.4, -0.2) is 0 Å². The van der Waals surface area contributed by atoms with Crippen LogP contribution >= 0.6 is 0 Å². The molecule has 2 fully saturated rings. The Kier molecular flexibility index (Phi) is 9.87. The smallest absolute Gasteiger partial charge is 0.0383 e. The molecule has 2 aliphatic carbocycles. The zero-order valence-corrected chi connectivity index (χ0v) is 14.1. The van der Waals surface area contributed by atoms with E-state index in [-0.39, 0.29) is 0 Å². The first-order chi connectivity index (χ1) is 8.32. The fraction of sp³-hybridized carbons (Fsp3) is 1.00. The molecule has 0 nitrogen and oxygen atoms in total. The van der Waals surface area contributed by atoms with Crippen molar-refractivity contribution in [3.63, 3.8) is 0 Å². The molecule has 0 aromatic carbocycles. The summed E-state index contributed by atoms with van der Waals surface area (Å²) in [5.74, 6) is 5.00. The Bertz CT molecular complexity index is 169. The van der Waals surface area contributed by atoms with Gasteiger partial charge in [0.2, 0.25) is 0 Å². The Morgan fingerprint density at radius 3 is 1.61 bits per heavy atom. The average molecular weight is 255 g/mol. The first-order valence-corrected chi connectivity index (χ1v) is 8.32. The van der Waals surface area contributed by atoms with E-state index >= 15 is 0 Å². The molecule has 3 atom stereocenters. The van der Waals surface area contributed by atoms with Crippen molar-refractivity contribution in [1.82, 2.24) is 0 Å². The second-order valence-electron chi connectivity index (χ2n) is 7.83. The normalized spacial score (nSPS) is 30.2. The highest BCUT2D eigenvalue weighted by Gasteiger charge is 2.31. The number of hydrogen-bond donors (Lipinski definition) is 0. The van der Waals surface area contributed by atoms with Gasteiger partial charge < -0.3 is 0 Å². The molecular formula is C18H38. The van der Waals surface area contributed by atoms with Crippen molar-refractivity contribution in [3.8, 4) is 0 Å². The van der Waals surface area contributed by atoms with Gasteiger partial charge in [-0.05, 0) is 42.4 Å². The molecule has 0 heterocycles. The highest BCUT2D eigenvalue weighted by atomic mass is 14.4. The summed E-state index contributed by atoms with van der Waals surface area (Å²) >= 11 is 0. The third kappa shape index (κ3) is 9.97. The lowest BCUT2D eigenvalue weighted by Crippen LogP contribution is -2.18. The van der Waals surface area contributed by atoms with Gasteiger partial charge in [0, 0.05) is 0 Å². The first kappa shape index (κ1) is 18.0. The molecule has 0 bridgehead atoms. The number of rotatable bonds is 0. The van der Waals surface area contributed by atoms with Crippen molar-refractivity contribution in [2.45, 2.75) is 87.0 Å². The van der Waals surface area contributed by atoms with E-state index in [1.807, 2.05) is 0 Å². The Morgan fingerprint density at radius 2 is 1.11 bits per heavy atom. The lowest BCUT2D eigenvalue weighted by Gasteiger charge is -2.29. The van der Waals surface area contributed by atoms with Crippen LogP contribution < -0.4 is 0 Å². The maximum absolute atomic E-state index is 2.43. The quantitative estimate of drug-likeness (QED) is 0.460. The summed E-state index contributed by atoms with van der Waals surface area (Å²) in [5, 5.41) is 0. The SMILES string of the molecule is CC(C)C.CC(C)C.CC1CCC2CCCC2C1. The van der Waals surface area contributed by atoms with Crippen LogP contribution in [-0.2, 0) is 0 Å². The highest BCUT2D eigenvalue weighted by molar-refractivity contribution is 4.83.